The van der Waals surface area contributed by atoms with E-state index < -0.39 is 0 Å². The Morgan fingerprint density at radius 3 is 2.08 bits per heavy atom. The Morgan fingerprint density at radius 1 is 0.600 bits per heavy atom. The van der Waals surface area contributed by atoms with Crippen LogP contribution in [0, 0.1) is 20.8 Å². The molecule has 0 saturated heterocycles. The average Bonchev–Trinajstić information content (AvgIpc) is 2.61. The normalized spacial score (nSPS) is 11.0. The Kier molecular flexibility index (Phi) is 3.85. The minimum atomic E-state index is 1.02. The van der Waals surface area contributed by atoms with Crippen molar-refractivity contribution in [2.24, 2.45) is 0 Å². The van der Waals surface area contributed by atoms with Gasteiger partial charge in [-0.25, -0.2) is 4.98 Å². The molecule has 0 unspecified atom stereocenters. The highest BCUT2D eigenvalue weighted by atomic mass is 14.7. The molecular formula is C24H21N. The van der Waals surface area contributed by atoms with Crippen LogP contribution in [0.25, 0.3) is 33.3 Å². The Morgan fingerprint density at radius 2 is 1.32 bits per heavy atom. The van der Waals surface area contributed by atoms with Gasteiger partial charge in [0.1, 0.15) is 0 Å². The minimum absolute atomic E-state index is 1.02. The van der Waals surface area contributed by atoms with Gasteiger partial charge >= 0.3 is 0 Å². The van der Waals surface area contributed by atoms with E-state index in [-0.39, 0.29) is 0 Å². The van der Waals surface area contributed by atoms with Crippen molar-refractivity contribution < 1.29 is 0 Å². The van der Waals surface area contributed by atoms with Gasteiger partial charge in [0.2, 0.25) is 0 Å². The lowest BCUT2D eigenvalue weighted by Gasteiger charge is -2.12. The second kappa shape index (κ2) is 6.18. The molecule has 0 amide bonds. The van der Waals surface area contributed by atoms with Gasteiger partial charge in [0.05, 0.1) is 11.2 Å². The van der Waals surface area contributed by atoms with Crippen molar-refractivity contribution in [2.45, 2.75) is 20.8 Å². The first kappa shape index (κ1) is 15.6. The Bertz CT molecular complexity index is 1060. The summed E-state index contributed by atoms with van der Waals surface area (Å²) in [4.78, 5) is 4.93. The summed E-state index contributed by atoms with van der Waals surface area (Å²) in [5.74, 6) is 0. The van der Waals surface area contributed by atoms with Crippen LogP contribution in [0.15, 0.2) is 72.8 Å². The maximum Gasteiger partial charge on any atom is 0.0716 e. The van der Waals surface area contributed by atoms with E-state index in [0.29, 0.717) is 0 Å². The summed E-state index contributed by atoms with van der Waals surface area (Å²) in [5, 5.41) is 1.21. The fourth-order valence-electron chi connectivity index (χ4n) is 3.26. The van der Waals surface area contributed by atoms with E-state index in [1.165, 1.54) is 33.2 Å². The molecule has 25 heavy (non-hydrogen) atoms. The molecule has 0 fully saturated rings. The van der Waals surface area contributed by atoms with Crippen LogP contribution < -0.4 is 0 Å². The van der Waals surface area contributed by atoms with E-state index in [4.69, 9.17) is 4.98 Å². The van der Waals surface area contributed by atoms with E-state index in [1.807, 2.05) is 0 Å². The number of aryl methyl sites for hydroxylation is 3. The molecule has 0 bridgehead atoms. The molecule has 0 aliphatic rings. The fourth-order valence-corrected chi connectivity index (χ4v) is 3.26. The number of fused-ring (bicyclic) bond motifs is 1. The standard InChI is InChI=1S/C24H21N/c1-16-7-10-19(11-8-16)21-15-24(20-6-4-5-17(2)13-20)25-23-12-9-18(3)14-22(21)23/h4-15H,1-3H3. The van der Waals surface area contributed by atoms with Crippen LogP contribution in [0.4, 0.5) is 0 Å². The van der Waals surface area contributed by atoms with Crippen molar-refractivity contribution in [1.29, 1.82) is 0 Å². The van der Waals surface area contributed by atoms with Crippen LogP contribution in [0.2, 0.25) is 0 Å². The van der Waals surface area contributed by atoms with E-state index in [9.17, 15) is 0 Å². The second-order valence-corrected chi connectivity index (χ2v) is 6.81. The van der Waals surface area contributed by atoms with Crippen LogP contribution in [0.1, 0.15) is 16.7 Å². The third-order valence-electron chi connectivity index (χ3n) is 4.64. The van der Waals surface area contributed by atoms with Gasteiger partial charge in [-0.2, -0.15) is 0 Å². The third kappa shape index (κ3) is 3.06. The van der Waals surface area contributed by atoms with E-state index in [1.54, 1.807) is 0 Å². The summed E-state index contributed by atoms with van der Waals surface area (Å²) < 4.78 is 0. The molecule has 0 atom stereocenters. The molecule has 0 spiro atoms. The smallest absolute Gasteiger partial charge is 0.0716 e. The number of nitrogens with zero attached hydrogens (tertiary/aromatic N) is 1. The van der Waals surface area contributed by atoms with E-state index >= 15 is 0 Å². The number of hydrogen-bond donors (Lipinski definition) is 0. The molecule has 122 valence electrons. The van der Waals surface area contributed by atoms with Crippen LogP contribution in [0.5, 0.6) is 0 Å². The Labute approximate surface area is 149 Å². The molecule has 0 aliphatic carbocycles. The minimum Gasteiger partial charge on any atom is -0.248 e. The predicted octanol–water partition coefficient (Wildman–Crippen LogP) is 6.49. The van der Waals surface area contributed by atoms with E-state index in [2.05, 4.69) is 93.6 Å². The van der Waals surface area contributed by atoms with Crippen LogP contribution in [-0.2, 0) is 0 Å². The van der Waals surface area contributed by atoms with E-state index in [0.717, 1.165) is 16.8 Å². The monoisotopic (exact) mass is 323 g/mol. The molecule has 0 N–H and O–H groups in total. The summed E-state index contributed by atoms with van der Waals surface area (Å²) in [6, 6.07) is 26.0. The van der Waals surface area contributed by atoms with Gasteiger partial charge in [0.15, 0.2) is 0 Å². The summed E-state index contributed by atoms with van der Waals surface area (Å²) in [6.07, 6.45) is 0. The first-order valence-corrected chi connectivity index (χ1v) is 8.66. The zero-order valence-electron chi connectivity index (χ0n) is 14.9. The Balaban J connectivity index is 2.01. The van der Waals surface area contributed by atoms with Gasteiger partial charge in [-0.1, -0.05) is 65.2 Å². The third-order valence-corrected chi connectivity index (χ3v) is 4.64. The highest BCUT2D eigenvalue weighted by Crippen LogP contribution is 2.33. The lowest BCUT2D eigenvalue weighted by atomic mass is 9.96. The van der Waals surface area contributed by atoms with Gasteiger partial charge in [-0.3, -0.25) is 0 Å². The number of pyridine rings is 1. The number of aromatic nitrogens is 1. The molecule has 0 saturated carbocycles. The van der Waals surface area contributed by atoms with Crippen molar-refractivity contribution in [3.05, 3.63) is 89.5 Å². The SMILES string of the molecule is Cc1ccc(-c2cc(-c3cccc(C)c3)nc3ccc(C)cc23)cc1. The van der Waals surface area contributed by atoms with Gasteiger partial charge in [-0.05, 0) is 56.2 Å². The van der Waals surface area contributed by atoms with Crippen molar-refractivity contribution in [3.8, 4) is 22.4 Å². The zero-order chi connectivity index (χ0) is 17.4. The number of rotatable bonds is 2. The molecule has 0 aliphatic heterocycles. The summed E-state index contributed by atoms with van der Waals surface area (Å²) >= 11 is 0. The quantitative estimate of drug-likeness (QED) is 0.410. The maximum absolute atomic E-state index is 4.93. The summed E-state index contributed by atoms with van der Waals surface area (Å²) in [7, 11) is 0. The largest absolute Gasteiger partial charge is 0.248 e. The van der Waals surface area contributed by atoms with Crippen LogP contribution in [0.3, 0.4) is 0 Å². The number of hydrogen-bond acceptors (Lipinski definition) is 1. The van der Waals surface area contributed by atoms with Crippen LogP contribution >= 0.6 is 0 Å². The summed E-state index contributed by atoms with van der Waals surface area (Å²) in [5.41, 5.74) is 9.48. The average molecular weight is 323 g/mol. The van der Waals surface area contributed by atoms with Crippen molar-refractivity contribution >= 4 is 10.9 Å². The van der Waals surface area contributed by atoms with Crippen molar-refractivity contribution in [2.75, 3.05) is 0 Å². The molecule has 1 aromatic heterocycles. The molecule has 1 heterocycles. The zero-order valence-corrected chi connectivity index (χ0v) is 14.9. The fraction of sp³-hybridized carbons (Fsp3) is 0.125. The molecule has 0 radical (unpaired) electrons. The van der Waals surface area contributed by atoms with Crippen LogP contribution in [-0.4, -0.2) is 4.98 Å². The predicted molar refractivity (Wildman–Crippen MR) is 107 cm³/mol. The highest BCUT2D eigenvalue weighted by Gasteiger charge is 2.10. The Hall–Kier alpha value is -2.93. The van der Waals surface area contributed by atoms with Gasteiger partial charge < -0.3 is 0 Å². The van der Waals surface area contributed by atoms with Gasteiger partial charge in [0, 0.05) is 10.9 Å². The van der Waals surface area contributed by atoms with Gasteiger partial charge in [0.25, 0.3) is 0 Å². The molecule has 4 rings (SSSR count). The maximum atomic E-state index is 4.93. The summed E-state index contributed by atoms with van der Waals surface area (Å²) in [6.45, 7) is 6.37. The molecule has 4 aromatic rings. The number of benzene rings is 3. The topological polar surface area (TPSA) is 12.9 Å². The van der Waals surface area contributed by atoms with Gasteiger partial charge in [-0.15, -0.1) is 0 Å². The molecule has 3 aromatic carbocycles. The highest BCUT2D eigenvalue weighted by molar-refractivity contribution is 5.97. The first-order chi connectivity index (χ1) is 12.1. The van der Waals surface area contributed by atoms with Crippen molar-refractivity contribution in [3.63, 3.8) is 0 Å². The lowest BCUT2D eigenvalue weighted by Crippen LogP contribution is -1.91. The molecule has 1 nitrogen and oxygen atoms in total. The van der Waals surface area contributed by atoms with Crippen molar-refractivity contribution in [1.82, 2.24) is 4.98 Å². The molecular weight excluding hydrogens is 302 g/mol. The molecule has 1 heteroatoms. The lowest BCUT2D eigenvalue weighted by molar-refractivity contribution is 1.37. The second-order valence-electron chi connectivity index (χ2n) is 6.81. The first-order valence-electron chi connectivity index (χ1n) is 8.66.